The summed E-state index contributed by atoms with van der Waals surface area (Å²) < 4.78 is 9.15. The zero-order chi connectivity index (χ0) is 18.0. The average Bonchev–Trinajstić information content (AvgIpc) is 2.62. The van der Waals surface area contributed by atoms with Crippen LogP contribution in [0.2, 0.25) is 0 Å². The molecule has 1 N–H and O–H groups in total. The summed E-state index contributed by atoms with van der Waals surface area (Å²) in [5.41, 5.74) is 2.13. The van der Waals surface area contributed by atoms with E-state index >= 15 is 0 Å². The van der Waals surface area contributed by atoms with E-state index in [1.54, 1.807) is 0 Å². The summed E-state index contributed by atoms with van der Waals surface area (Å²) in [6, 6.07) is 19.5. The molecule has 0 spiro atoms. The molecule has 0 amide bonds. The molecular formula is C20H24O4. The van der Waals surface area contributed by atoms with Gasteiger partial charge in [0.25, 0.3) is 0 Å². The van der Waals surface area contributed by atoms with E-state index < -0.39 is 0 Å². The van der Waals surface area contributed by atoms with Crippen LogP contribution in [0.15, 0.2) is 86.3 Å². The fourth-order valence-electron chi connectivity index (χ4n) is 1.43. The van der Waals surface area contributed by atoms with E-state index in [1.165, 1.54) is 18.7 Å². The van der Waals surface area contributed by atoms with Gasteiger partial charge in [0.15, 0.2) is 0 Å². The first kappa shape index (κ1) is 21.1. The quantitative estimate of drug-likeness (QED) is 0.659. The first-order valence-corrected chi connectivity index (χ1v) is 7.33. The second kappa shape index (κ2) is 15.1. The number of esters is 1. The van der Waals surface area contributed by atoms with Crippen molar-refractivity contribution in [3.63, 3.8) is 0 Å². The minimum atomic E-state index is -0.329. The number of ether oxygens (including phenoxy) is 2. The van der Waals surface area contributed by atoms with Crippen molar-refractivity contribution in [2.45, 2.75) is 20.1 Å². The van der Waals surface area contributed by atoms with Gasteiger partial charge in [0, 0.05) is 6.92 Å². The van der Waals surface area contributed by atoms with E-state index in [-0.39, 0.29) is 12.6 Å². The van der Waals surface area contributed by atoms with Crippen LogP contribution in [0.3, 0.4) is 0 Å². The Morgan fingerprint density at radius 3 is 1.75 bits per heavy atom. The minimum absolute atomic E-state index is 0.140. The van der Waals surface area contributed by atoms with Crippen LogP contribution in [-0.2, 0) is 27.5 Å². The summed E-state index contributed by atoms with van der Waals surface area (Å²) >= 11 is 0. The van der Waals surface area contributed by atoms with Crippen molar-refractivity contribution in [3.8, 4) is 0 Å². The molecule has 24 heavy (non-hydrogen) atoms. The monoisotopic (exact) mass is 328 g/mol. The van der Waals surface area contributed by atoms with Crippen molar-refractivity contribution < 1.29 is 19.4 Å². The van der Waals surface area contributed by atoms with Crippen LogP contribution in [0.1, 0.15) is 18.1 Å². The lowest BCUT2D eigenvalue weighted by Gasteiger charge is -1.98. The molecule has 0 saturated carbocycles. The van der Waals surface area contributed by atoms with Crippen molar-refractivity contribution in [2.24, 2.45) is 0 Å². The van der Waals surface area contributed by atoms with E-state index in [2.05, 4.69) is 17.9 Å². The third-order valence-electron chi connectivity index (χ3n) is 2.49. The lowest BCUT2D eigenvalue weighted by Crippen LogP contribution is -1.87. The molecule has 0 aliphatic carbocycles. The van der Waals surface area contributed by atoms with Crippen LogP contribution in [-0.4, -0.2) is 11.1 Å². The highest BCUT2D eigenvalue weighted by Gasteiger charge is 1.86. The predicted octanol–water partition coefficient (Wildman–Crippen LogP) is 4.22. The average molecular weight is 328 g/mol. The van der Waals surface area contributed by atoms with Gasteiger partial charge in [-0.3, -0.25) is 4.79 Å². The van der Waals surface area contributed by atoms with Crippen LogP contribution in [0, 0.1) is 0 Å². The molecule has 0 radical (unpaired) electrons. The molecule has 0 heterocycles. The maximum atomic E-state index is 9.75. The Morgan fingerprint density at radius 1 is 0.958 bits per heavy atom. The molecule has 2 aromatic carbocycles. The molecule has 0 aliphatic rings. The van der Waals surface area contributed by atoms with Crippen molar-refractivity contribution >= 4 is 5.97 Å². The smallest absolute Gasteiger partial charge is 0.307 e. The highest BCUT2D eigenvalue weighted by molar-refractivity contribution is 5.66. The Morgan fingerprint density at radius 2 is 1.46 bits per heavy atom. The summed E-state index contributed by atoms with van der Waals surface area (Å²) in [4.78, 5) is 9.75. The van der Waals surface area contributed by atoms with Gasteiger partial charge in [-0.25, -0.2) is 0 Å². The Bertz CT molecular complexity index is 565. The van der Waals surface area contributed by atoms with E-state index in [0.717, 1.165) is 11.8 Å². The number of aliphatic hydroxyl groups is 1. The maximum absolute atomic E-state index is 9.75. The number of benzene rings is 2. The van der Waals surface area contributed by atoms with E-state index in [4.69, 9.17) is 9.84 Å². The second-order valence-corrected chi connectivity index (χ2v) is 4.38. The highest BCUT2D eigenvalue weighted by atomic mass is 16.5. The molecule has 4 nitrogen and oxygen atoms in total. The van der Waals surface area contributed by atoms with Gasteiger partial charge < -0.3 is 14.6 Å². The summed E-state index contributed by atoms with van der Waals surface area (Å²) in [6.45, 7) is 8.69. The first-order chi connectivity index (χ1) is 11.6. The SMILES string of the molecule is C=COC(C)=O.C=COCc1ccccc1.OCc1ccccc1. The molecule has 0 fully saturated rings. The Kier molecular flexibility index (Phi) is 13.3. The summed E-state index contributed by atoms with van der Waals surface area (Å²) in [5, 5.41) is 8.54. The molecule has 0 aliphatic heterocycles. The summed E-state index contributed by atoms with van der Waals surface area (Å²) in [6.07, 6.45) is 2.55. The molecule has 0 bridgehead atoms. The van der Waals surface area contributed by atoms with Crippen molar-refractivity contribution in [2.75, 3.05) is 0 Å². The van der Waals surface area contributed by atoms with Gasteiger partial charge in [0.2, 0.25) is 0 Å². The predicted molar refractivity (Wildman–Crippen MR) is 95.8 cm³/mol. The lowest BCUT2D eigenvalue weighted by molar-refractivity contribution is -0.135. The van der Waals surface area contributed by atoms with Crippen molar-refractivity contribution in [1.29, 1.82) is 0 Å². The number of hydrogen-bond acceptors (Lipinski definition) is 4. The topological polar surface area (TPSA) is 55.8 Å². The van der Waals surface area contributed by atoms with Crippen LogP contribution >= 0.6 is 0 Å². The largest absolute Gasteiger partial charge is 0.497 e. The number of carbonyl (C=O) groups is 1. The third kappa shape index (κ3) is 12.9. The van der Waals surface area contributed by atoms with Crippen LogP contribution in [0.5, 0.6) is 0 Å². The van der Waals surface area contributed by atoms with Gasteiger partial charge in [-0.2, -0.15) is 0 Å². The highest BCUT2D eigenvalue weighted by Crippen LogP contribution is 1.99. The fourth-order valence-corrected chi connectivity index (χ4v) is 1.43. The van der Waals surface area contributed by atoms with Crippen molar-refractivity contribution in [3.05, 3.63) is 97.5 Å². The van der Waals surface area contributed by atoms with Gasteiger partial charge in [-0.05, 0) is 11.1 Å². The third-order valence-corrected chi connectivity index (χ3v) is 2.49. The fraction of sp³-hybridized carbons (Fsp3) is 0.150. The van der Waals surface area contributed by atoms with Crippen LogP contribution < -0.4 is 0 Å². The molecule has 0 unspecified atom stereocenters. The minimum Gasteiger partial charge on any atom is -0.497 e. The molecule has 0 aromatic heterocycles. The Hall–Kier alpha value is -2.85. The number of rotatable bonds is 5. The zero-order valence-corrected chi connectivity index (χ0v) is 13.9. The lowest BCUT2D eigenvalue weighted by atomic mass is 10.2. The normalized spacial score (nSPS) is 8.42. The van der Waals surface area contributed by atoms with Crippen LogP contribution in [0.25, 0.3) is 0 Å². The standard InChI is InChI=1S/C9H10O.C7H8O.C4H6O2/c1-2-10-8-9-6-4-3-5-7-9;8-6-7-4-2-1-3-5-7;1-3-6-4(2)5/h2-7H,1,8H2;1-5,8H,6H2;3H,1H2,2H3. The van der Waals surface area contributed by atoms with Crippen LogP contribution in [0.4, 0.5) is 0 Å². The Balaban J connectivity index is 0.000000343. The second-order valence-electron chi connectivity index (χ2n) is 4.38. The molecule has 0 atom stereocenters. The van der Waals surface area contributed by atoms with Gasteiger partial charge in [0.05, 0.1) is 19.1 Å². The van der Waals surface area contributed by atoms with Gasteiger partial charge in [-0.15, -0.1) is 0 Å². The maximum Gasteiger partial charge on any atom is 0.307 e. The van der Waals surface area contributed by atoms with Crippen molar-refractivity contribution in [1.82, 2.24) is 0 Å². The molecule has 2 rings (SSSR count). The first-order valence-electron chi connectivity index (χ1n) is 7.33. The van der Waals surface area contributed by atoms with Gasteiger partial charge >= 0.3 is 5.97 Å². The molecule has 0 saturated heterocycles. The van der Waals surface area contributed by atoms with E-state index in [0.29, 0.717) is 6.61 Å². The number of hydrogen-bond donors (Lipinski definition) is 1. The van der Waals surface area contributed by atoms with Gasteiger partial charge in [0.1, 0.15) is 6.61 Å². The number of carbonyl (C=O) groups excluding carboxylic acids is 1. The summed E-state index contributed by atoms with van der Waals surface area (Å²) in [7, 11) is 0. The molecule has 128 valence electrons. The zero-order valence-electron chi connectivity index (χ0n) is 13.9. The van der Waals surface area contributed by atoms with E-state index in [1.807, 2.05) is 60.7 Å². The number of aliphatic hydroxyl groups excluding tert-OH is 1. The van der Waals surface area contributed by atoms with E-state index in [9.17, 15) is 4.79 Å². The Labute approximate surface area is 143 Å². The van der Waals surface area contributed by atoms with Gasteiger partial charge in [-0.1, -0.05) is 73.8 Å². The molecular weight excluding hydrogens is 304 g/mol. The molecule has 4 heteroatoms. The summed E-state index contributed by atoms with van der Waals surface area (Å²) in [5.74, 6) is -0.329. The molecule has 2 aromatic rings.